The minimum absolute atomic E-state index is 0.197. The number of carbonyl (C=O) groups is 2. The van der Waals surface area contributed by atoms with Gasteiger partial charge in [0.25, 0.3) is 0 Å². The average Bonchev–Trinajstić information content (AvgIpc) is 3.45. The fourth-order valence-electron chi connectivity index (χ4n) is 8.47. The molecule has 1 aliphatic carbocycles. The molecule has 1 aliphatic rings. The Morgan fingerprint density at radius 2 is 0.772 bits per heavy atom. The summed E-state index contributed by atoms with van der Waals surface area (Å²) in [4.78, 5) is 31.2. The second-order valence-corrected chi connectivity index (χ2v) is 15.2. The van der Waals surface area contributed by atoms with Crippen LogP contribution in [0.25, 0.3) is 11.1 Å². The molecule has 0 radical (unpaired) electrons. The highest BCUT2D eigenvalue weighted by atomic mass is 16.5. The Labute approximate surface area is 337 Å². The van der Waals surface area contributed by atoms with Crippen molar-refractivity contribution in [2.45, 2.75) is 72.6 Å². The van der Waals surface area contributed by atoms with Crippen LogP contribution in [0.15, 0.2) is 133 Å². The largest absolute Gasteiger partial charge is 0.466 e. The Balaban J connectivity index is 1.47. The first-order valence-corrected chi connectivity index (χ1v) is 20.1. The summed E-state index contributed by atoms with van der Waals surface area (Å²) >= 11 is 0. The standard InChI is InChI=1S/C51H52N2O4/c1-7-56-49(54)25-27-51(28-26-50(55)57-8-2)47-33-43(52(39-17-9-13-35(3)29-39)40-18-10-14-36(4)30-40)21-23-45(47)46-24-22-44(34-48(46)51)53(41-19-11-15-37(5)31-41)42-20-12-16-38(6)32-42/h9-24,29-34H,7-8,25-28H2,1-6H3. The zero-order valence-corrected chi connectivity index (χ0v) is 34.0. The molecule has 0 N–H and O–H groups in total. The number of anilines is 6. The van der Waals surface area contributed by atoms with Crippen LogP contribution in [0.2, 0.25) is 0 Å². The molecule has 290 valence electrons. The van der Waals surface area contributed by atoms with Gasteiger partial charge in [-0.3, -0.25) is 9.59 Å². The molecule has 0 saturated heterocycles. The second kappa shape index (κ2) is 16.9. The van der Waals surface area contributed by atoms with Crippen LogP contribution >= 0.6 is 0 Å². The van der Waals surface area contributed by atoms with Crippen molar-refractivity contribution in [2.75, 3.05) is 23.0 Å². The lowest BCUT2D eigenvalue weighted by atomic mass is 9.71. The van der Waals surface area contributed by atoms with E-state index >= 15 is 0 Å². The lowest BCUT2D eigenvalue weighted by Crippen LogP contribution is -2.29. The summed E-state index contributed by atoms with van der Waals surface area (Å²) in [5, 5.41) is 0. The quantitative estimate of drug-likeness (QED) is 0.103. The van der Waals surface area contributed by atoms with Crippen molar-refractivity contribution in [1.82, 2.24) is 0 Å². The summed E-state index contributed by atoms with van der Waals surface area (Å²) in [5.74, 6) is -0.504. The number of esters is 2. The number of ether oxygens (including phenoxy) is 2. The molecule has 0 bridgehead atoms. The van der Waals surface area contributed by atoms with Gasteiger partial charge in [0, 0.05) is 52.4 Å². The Morgan fingerprint density at radius 1 is 0.456 bits per heavy atom. The summed E-state index contributed by atoms with van der Waals surface area (Å²) in [7, 11) is 0. The summed E-state index contributed by atoms with van der Waals surface area (Å²) < 4.78 is 11.1. The SMILES string of the molecule is CCOC(=O)CCC1(CCC(=O)OCC)c2cc(N(c3cccc(C)c3)c3cccc(C)c3)ccc2-c2ccc(N(c3cccc(C)c3)c3cccc(C)c3)cc21. The van der Waals surface area contributed by atoms with Gasteiger partial charge < -0.3 is 19.3 Å². The average molecular weight is 757 g/mol. The minimum atomic E-state index is -0.716. The molecule has 0 saturated carbocycles. The minimum Gasteiger partial charge on any atom is -0.466 e. The molecule has 0 aliphatic heterocycles. The number of hydrogen-bond donors (Lipinski definition) is 0. The van der Waals surface area contributed by atoms with Gasteiger partial charge in [0.1, 0.15) is 0 Å². The van der Waals surface area contributed by atoms with E-state index < -0.39 is 5.41 Å². The van der Waals surface area contributed by atoms with E-state index in [0.29, 0.717) is 26.1 Å². The fraction of sp³-hybridized carbons (Fsp3) is 0.255. The first-order valence-electron chi connectivity index (χ1n) is 20.1. The van der Waals surface area contributed by atoms with Crippen molar-refractivity contribution in [3.05, 3.63) is 167 Å². The monoisotopic (exact) mass is 756 g/mol. The highest BCUT2D eigenvalue weighted by molar-refractivity contribution is 5.89. The summed E-state index contributed by atoms with van der Waals surface area (Å²) in [6.45, 7) is 12.7. The van der Waals surface area contributed by atoms with E-state index in [4.69, 9.17) is 9.47 Å². The van der Waals surface area contributed by atoms with Gasteiger partial charge in [-0.1, -0.05) is 60.7 Å². The van der Waals surface area contributed by atoms with Crippen molar-refractivity contribution in [1.29, 1.82) is 0 Å². The predicted molar refractivity (Wildman–Crippen MR) is 233 cm³/mol. The lowest BCUT2D eigenvalue weighted by Gasteiger charge is -2.34. The van der Waals surface area contributed by atoms with Gasteiger partial charge in [-0.2, -0.15) is 0 Å². The molecule has 0 aromatic heterocycles. The summed E-state index contributed by atoms with van der Waals surface area (Å²) in [5.41, 5.74) is 14.5. The number of hydrogen-bond acceptors (Lipinski definition) is 6. The highest BCUT2D eigenvalue weighted by Gasteiger charge is 2.44. The number of benzene rings is 6. The molecule has 6 nitrogen and oxygen atoms in total. The van der Waals surface area contributed by atoms with E-state index in [1.807, 2.05) is 13.8 Å². The molecule has 6 aromatic carbocycles. The molecule has 7 rings (SSSR count). The zero-order chi connectivity index (χ0) is 40.1. The third-order valence-corrected chi connectivity index (χ3v) is 11.0. The van der Waals surface area contributed by atoms with E-state index in [1.165, 1.54) is 0 Å². The smallest absolute Gasteiger partial charge is 0.305 e. The van der Waals surface area contributed by atoms with Gasteiger partial charge in [-0.15, -0.1) is 0 Å². The van der Waals surface area contributed by atoms with Crippen molar-refractivity contribution in [3.63, 3.8) is 0 Å². The third-order valence-electron chi connectivity index (χ3n) is 11.0. The Bertz CT molecular complexity index is 2160. The number of carbonyl (C=O) groups excluding carboxylic acids is 2. The Morgan fingerprint density at radius 3 is 1.07 bits per heavy atom. The van der Waals surface area contributed by atoms with E-state index in [9.17, 15) is 9.59 Å². The van der Waals surface area contributed by atoms with Gasteiger partial charge >= 0.3 is 11.9 Å². The van der Waals surface area contributed by atoms with Crippen molar-refractivity contribution >= 4 is 46.1 Å². The molecular weight excluding hydrogens is 705 g/mol. The number of nitrogens with zero attached hydrogens (tertiary/aromatic N) is 2. The van der Waals surface area contributed by atoms with E-state index in [2.05, 4.69) is 171 Å². The predicted octanol–water partition coefficient (Wildman–Crippen LogP) is 12.8. The molecule has 0 heterocycles. The van der Waals surface area contributed by atoms with E-state index in [-0.39, 0.29) is 24.8 Å². The third kappa shape index (κ3) is 8.22. The van der Waals surface area contributed by atoms with Crippen LogP contribution in [0.5, 0.6) is 0 Å². The topological polar surface area (TPSA) is 59.1 Å². The zero-order valence-electron chi connectivity index (χ0n) is 34.0. The van der Waals surface area contributed by atoms with Gasteiger partial charge in [-0.05, 0) is 172 Å². The normalized spacial score (nSPS) is 12.4. The number of aryl methyl sites for hydroxylation is 4. The van der Waals surface area contributed by atoms with Crippen molar-refractivity contribution < 1.29 is 19.1 Å². The Kier molecular flexibility index (Phi) is 11.6. The highest BCUT2D eigenvalue weighted by Crippen LogP contribution is 2.56. The van der Waals surface area contributed by atoms with Crippen LogP contribution in [0, 0.1) is 27.7 Å². The Hall–Kier alpha value is -6.14. The molecule has 6 heteroatoms. The molecule has 0 unspecified atom stereocenters. The lowest BCUT2D eigenvalue weighted by molar-refractivity contribution is -0.143. The van der Waals surface area contributed by atoms with Gasteiger partial charge in [0.15, 0.2) is 0 Å². The maximum Gasteiger partial charge on any atom is 0.305 e. The van der Waals surface area contributed by atoms with Crippen LogP contribution in [-0.4, -0.2) is 25.2 Å². The fourth-order valence-corrected chi connectivity index (χ4v) is 8.47. The molecule has 0 spiro atoms. The van der Waals surface area contributed by atoms with Crippen LogP contribution in [-0.2, 0) is 24.5 Å². The van der Waals surface area contributed by atoms with Crippen molar-refractivity contribution in [2.24, 2.45) is 0 Å². The van der Waals surface area contributed by atoms with Gasteiger partial charge in [-0.25, -0.2) is 0 Å². The summed E-state index contributed by atoms with van der Waals surface area (Å²) in [6.07, 6.45) is 1.32. The number of fused-ring (bicyclic) bond motifs is 3. The van der Waals surface area contributed by atoms with Crippen LogP contribution in [0.4, 0.5) is 34.1 Å². The molecular formula is C51H52N2O4. The van der Waals surface area contributed by atoms with Crippen LogP contribution < -0.4 is 9.80 Å². The molecule has 6 aromatic rings. The molecule has 0 atom stereocenters. The molecule has 57 heavy (non-hydrogen) atoms. The number of rotatable bonds is 14. The second-order valence-electron chi connectivity index (χ2n) is 15.2. The van der Waals surface area contributed by atoms with Gasteiger partial charge in [0.2, 0.25) is 0 Å². The maximum atomic E-state index is 13.3. The molecule has 0 amide bonds. The molecule has 0 fully saturated rings. The van der Waals surface area contributed by atoms with Crippen molar-refractivity contribution in [3.8, 4) is 11.1 Å². The van der Waals surface area contributed by atoms with E-state index in [1.54, 1.807) is 0 Å². The van der Waals surface area contributed by atoms with E-state index in [0.717, 1.165) is 78.6 Å². The first kappa shape index (κ1) is 39.1. The maximum absolute atomic E-state index is 13.3. The first-order chi connectivity index (χ1) is 27.6. The summed E-state index contributed by atoms with van der Waals surface area (Å²) in [6, 6.07) is 47.6. The van der Waals surface area contributed by atoms with Crippen LogP contribution in [0.3, 0.4) is 0 Å². The van der Waals surface area contributed by atoms with Crippen LogP contribution in [0.1, 0.15) is 72.9 Å². The van der Waals surface area contributed by atoms with Gasteiger partial charge in [0.05, 0.1) is 13.2 Å².